The maximum atomic E-state index is 12.5. The van der Waals surface area contributed by atoms with Crippen molar-refractivity contribution in [2.45, 2.75) is 12.5 Å². The van der Waals surface area contributed by atoms with E-state index in [4.69, 9.17) is 4.52 Å². The Labute approximate surface area is 162 Å². The van der Waals surface area contributed by atoms with Crippen LogP contribution in [0.3, 0.4) is 0 Å². The zero-order valence-corrected chi connectivity index (χ0v) is 15.2. The van der Waals surface area contributed by atoms with Gasteiger partial charge in [-0.2, -0.15) is 0 Å². The molecule has 4 heterocycles. The van der Waals surface area contributed by atoms with Crippen LogP contribution in [0.1, 0.15) is 28.5 Å². The van der Waals surface area contributed by atoms with Crippen molar-refractivity contribution in [1.29, 1.82) is 0 Å². The molecule has 0 radical (unpaired) electrons. The van der Waals surface area contributed by atoms with Gasteiger partial charge in [-0.05, 0) is 41.9 Å². The molecule has 1 N–H and O–H groups in total. The van der Waals surface area contributed by atoms with E-state index in [1.54, 1.807) is 24.7 Å². The first-order chi connectivity index (χ1) is 13.8. The van der Waals surface area contributed by atoms with Crippen molar-refractivity contribution in [3.05, 3.63) is 66.6 Å². The number of rotatable bonds is 6. The highest BCUT2D eigenvalue weighted by Crippen LogP contribution is 2.55. The number of aromatic nitrogens is 4. The van der Waals surface area contributed by atoms with Gasteiger partial charge in [0.2, 0.25) is 5.95 Å². The first-order valence-electron chi connectivity index (χ1n) is 9.43. The van der Waals surface area contributed by atoms with Crippen LogP contribution in [0.15, 0.2) is 59.8 Å². The van der Waals surface area contributed by atoms with E-state index < -0.39 is 0 Å². The summed E-state index contributed by atoms with van der Waals surface area (Å²) in [6.07, 6.45) is 9.40. The average molecular weight is 376 g/mol. The van der Waals surface area contributed by atoms with E-state index in [1.807, 2.05) is 24.4 Å². The third-order valence-corrected chi connectivity index (χ3v) is 5.78. The smallest absolute Gasteiger partial charge is 0.273 e. The molecule has 2 fully saturated rings. The fraction of sp³-hybridized carbons (Fsp3) is 0.350. The number of carbonyl (C=O) groups is 1. The molecule has 1 aliphatic heterocycles. The molecule has 8 heteroatoms. The van der Waals surface area contributed by atoms with Crippen molar-refractivity contribution in [2.75, 3.05) is 18.0 Å². The molecule has 1 saturated carbocycles. The van der Waals surface area contributed by atoms with Gasteiger partial charge < -0.3 is 14.7 Å². The molecule has 5 rings (SSSR count). The molecule has 3 aromatic heterocycles. The summed E-state index contributed by atoms with van der Waals surface area (Å²) in [7, 11) is 0. The number of anilines is 1. The van der Waals surface area contributed by atoms with Gasteiger partial charge in [-0.15, -0.1) is 0 Å². The largest absolute Gasteiger partial charge is 0.364 e. The molecule has 3 aromatic rings. The van der Waals surface area contributed by atoms with Crippen molar-refractivity contribution in [1.82, 2.24) is 25.4 Å². The number of hydrogen-bond acceptors (Lipinski definition) is 7. The fourth-order valence-corrected chi connectivity index (χ4v) is 4.31. The molecule has 1 amide bonds. The van der Waals surface area contributed by atoms with Crippen LogP contribution in [0.2, 0.25) is 0 Å². The first kappa shape index (κ1) is 16.9. The molecule has 2 aliphatic rings. The van der Waals surface area contributed by atoms with Gasteiger partial charge in [0.15, 0.2) is 5.69 Å². The molecule has 0 aromatic carbocycles. The van der Waals surface area contributed by atoms with Gasteiger partial charge >= 0.3 is 0 Å². The Morgan fingerprint density at radius 3 is 2.68 bits per heavy atom. The summed E-state index contributed by atoms with van der Waals surface area (Å²) in [4.78, 5) is 27.7. The Balaban J connectivity index is 1.26. The lowest BCUT2D eigenvalue weighted by atomic mass is 10.0. The monoisotopic (exact) mass is 376 g/mol. The van der Waals surface area contributed by atoms with E-state index in [2.05, 4.69) is 30.3 Å². The Kier molecular flexibility index (Phi) is 4.23. The highest BCUT2D eigenvalue weighted by atomic mass is 16.5. The van der Waals surface area contributed by atoms with Crippen LogP contribution >= 0.6 is 0 Å². The van der Waals surface area contributed by atoms with E-state index in [0.717, 1.165) is 31.0 Å². The molecular weight excluding hydrogens is 356 g/mol. The minimum absolute atomic E-state index is 0.102. The lowest BCUT2D eigenvalue weighted by Crippen LogP contribution is -2.31. The van der Waals surface area contributed by atoms with Crippen LogP contribution in [0.25, 0.3) is 0 Å². The molecule has 0 spiro atoms. The molecule has 1 aliphatic carbocycles. The van der Waals surface area contributed by atoms with E-state index in [0.29, 0.717) is 17.8 Å². The molecule has 28 heavy (non-hydrogen) atoms. The van der Waals surface area contributed by atoms with Gasteiger partial charge in [0.1, 0.15) is 6.26 Å². The van der Waals surface area contributed by atoms with Crippen LogP contribution in [0, 0.1) is 17.8 Å². The van der Waals surface area contributed by atoms with Gasteiger partial charge in [-0.3, -0.25) is 9.78 Å². The van der Waals surface area contributed by atoms with Crippen LogP contribution in [-0.4, -0.2) is 39.1 Å². The molecule has 8 nitrogen and oxygen atoms in total. The number of hydrogen-bond donors (Lipinski definition) is 1. The summed E-state index contributed by atoms with van der Waals surface area (Å²) in [5.74, 6) is 2.38. The summed E-state index contributed by atoms with van der Waals surface area (Å²) in [6, 6.07) is 7.20. The first-order valence-corrected chi connectivity index (χ1v) is 9.43. The third kappa shape index (κ3) is 3.21. The molecule has 0 bridgehead atoms. The molecule has 3 atom stereocenters. The highest BCUT2D eigenvalue weighted by Gasteiger charge is 2.56. The number of fused-ring (bicyclic) bond motifs is 1. The Bertz CT molecular complexity index is 922. The summed E-state index contributed by atoms with van der Waals surface area (Å²) in [5, 5.41) is 6.83. The lowest BCUT2D eigenvalue weighted by molar-refractivity contribution is 0.0923. The number of carbonyl (C=O) groups excluding carboxylic acids is 1. The van der Waals surface area contributed by atoms with E-state index in [9.17, 15) is 4.79 Å². The van der Waals surface area contributed by atoms with Gasteiger partial charge in [-0.25, -0.2) is 9.97 Å². The molecule has 1 saturated heterocycles. The van der Waals surface area contributed by atoms with Crippen molar-refractivity contribution >= 4 is 11.9 Å². The Morgan fingerprint density at radius 2 is 2.00 bits per heavy atom. The summed E-state index contributed by atoms with van der Waals surface area (Å²) in [5.41, 5.74) is 1.30. The molecule has 3 unspecified atom stereocenters. The SMILES string of the molecule is O=C(NC(CC1C2CN(c3ncccn3)CC12)c1cccnc1)c1ccon1. The fourth-order valence-electron chi connectivity index (χ4n) is 4.31. The van der Waals surface area contributed by atoms with Crippen molar-refractivity contribution in [2.24, 2.45) is 17.8 Å². The second-order valence-electron chi connectivity index (χ2n) is 7.38. The van der Waals surface area contributed by atoms with Gasteiger partial charge in [0.05, 0.1) is 6.04 Å². The van der Waals surface area contributed by atoms with Gasteiger partial charge in [0.25, 0.3) is 5.91 Å². The topological polar surface area (TPSA) is 97.0 Å². The van der Waals surface area contributed by atoms with E-state index in [1.165, 1.54) is 6.26 Å². The predicted octanol–water partition coefficient (Wildman–Crippen LogP) is 2.10. The number of piperidine rings is 1. The van der Waals surface area contributed by atoms with Crippen molar-refractivity contribution in [3.63, 3.8) is 0 Å². The number of pyridine rings is 1. The summed E-state index contributed by atoms with van der Waals surface area (Å²) < 4.78 is 4.79. The predicted molar refractivity (Wildman–Crippen MR) is 100 cm³/mol. The number of amides is 1. The highest BCUT2D eigenvalue weighted by molar-refractivity contribution is 5.92. The zero-order chi connectivity index (χ0) is 18.9. The maximum Gasteiger partial charge on any atom is 0.273 e. The van der Waals surface area contributed by atoms with Crippen LogP contribution < -0.4 is 10.2 Å². The standard InChI is InChI=1S/C20H20N6O2/c27-19(17-4-8-28-25-17)24-18(13-3-1-5-21-10-13)9-14-15-11-26(12-16(14)15)20-22-6-2-7-23-20/h1-8,10,14-16,18H,9,11-12H2,(H,24,27). The second-order valence-corrected chi connectivity index (χ2v) is 7.38. The number of nitrogens with one attached hydrogen (secondary N) is 1. The maximum absolute atomic E-state index is 12.5. The minimum Gasteiger partial charge on any atom is -0.364 e. The Hall–Kier alpha value is -3.29. The normalized spacial score (nSPS) is 23.9. The second kappa shape index (κ2) is 7.03. The summed E-state index contributed by atoms with van der Waals surface area (Å²) >= 11 is 0. The van der Waals surface area contributed by atoms with Crippen LogP contribution in [0.5, 0.6) is 0 Å². The average Bonchev–Trinajstić information content (AvgIpc) is 3.18. The lowest BCUT2D eigenvalue weighted by Gasteiger charge is -2.22. The summed E-state index contributed by atoms with van der Waals surface area (Å²) in [6.45, 7) is 1.94. The molecular formula is C20H20N6O2. The minimum atomic E-state index is -0.229. The Morgan fingerprint density at radius 1 is 1.18 bits per heavy atom. The zero-order valence-electron chi connectivity index (χ0n) is 15.2. The van der Waals surface area contributed by atoms with Gasteiger partial charge in [-0.1, -0.05) is 11.2 Å². The number of nitrogens with zero attached hydrogens (tertiary/aromatic N) is 5. The van der Waals surface area contributed by atoms with Crippen molar-refractivity contribution < 1.29 is 9.32 Å². The third-order valence-electron chi connectivity index (χ3n) is 5.78. The molecule has 142 valence electrons. The van der Waals surface area contributed by atoms with Gasteiger partial charge in [0, 0.05) is 43.9 Å². The van der Waals surface area contributed by atoms with E-state index in [-0.39, 0.29) is 17.6 Å². The van der Waals surface area contributed by atoms with E-state index >= 15 is 0 Å². The quantitative estimate of drug-likeness (QED) is 0.704. The van der Waals surface area contributed by atoms with Crippen molar-refractivity contribution in [3.8, 4) is 0 Å². The van der Waals surface area contributed by atoms with Crippen LogP contribution in [-0.2, 0) is 0 Å². The van der Waals surface area contributed by atoms with Crippen LogP contribution in [0.4, 0.5) is 5.95 Å².